The molecule has 9 heteroatoms. The minimum absolute atomic E-state index is 0.104. The van der Waals surface area contributed by atoms with Gasteiger partial charge in [-0.05, 0) is 43.7 Å². The molecular weight excluding hydrogens is 447 g/mol. The molecule has 2 atom stereocenters. The van der Waals surface area contributed by atoms with Gasteiger partial charge in [0.1, 0.15) is 5.75 Å². The molecule has 2 fully saturated rings. The summed E-state index contributed by atoms with van der Waals surface area (Å²) in [6.07, 6.45) is -4.09. The van der Waals surface area contributed by atoms with E-state index in [2.05, 4.69) is 0 Å². The molecule has 0 aliphatic carbocycles. The predicted octanol–water partition coefficient (Wildman–Crippen LogP) is 3.86. The lowest BCUT2D eigenvalue weighted by Crippen LogP contribution is -2.49. The number of ether oxygens (including phenoxy) is 1. The Morgan fingerprint density at radius 3 is 2.71 bits per heavy atom. The summed E-state index contributed by atoms with van der Waals surface area (Å²) < 4.78 is 45.7. The molecule has 1 N–H and O–H groups in total. The zero-order chi connectivity index (χ0) is 24.7. The van der Waals surface area contributed by atoms with Crippen LogP contribution >= 0.6 is 0 Å². The van der Waals surface area contributed by atoms with Gasteiger partial charge in [-0.2, -0.15) is 18.4 Å². The highest BCUT2D eigenvalue weighted by Crippen LogP contribution is 2.45. The van der Waals surface area contributed by atoms with Crippen molar-refractivity contribution < 1.29 is 27.8 Å². The second-order valence-electron chi connectivity index (χ2n) is 9.07. The van der Waals surface area contributed by atoms with Gasteiger partial charge in [0.2, 0.25) is 0 Å². The van der Waals surface area contributed by atoms with Crippen LogP contribution in [0.5, 0.6) is 5.75 Å². The molecule has 1 amide bonds. The Labute approximate surface area is 196 Å². The maximum Gasteiger partial charge on any atom is 0.417 e. The second-order valence-corrected chi connectivity index (χ2v) is 9.07. The number of hydrogen-bond donors (Lipinski definition) is 1. The van der Waals surface area contributed by atoms with Crippen LogP contribution in [0.1, 0.15) is 33.5 Å². The molecule has 2 aliphatic heterocycles. The smallest absolute Gasteiger partial charge is 0.417 e. The number of alkyl halides is 3. The normalized spacial score (nSPS) is 22.3. The monoisotopic (exact) mass is 473 g/mol. The number of nitrogens with zero attached hydrogens (tertiary/aromatic N) is 3. The Balaban J connectivity index is 1.58. The Bertz CT molecular complexity index is 1140. The Morgan fingerprint density at radius 2 is 2.06 bits per heavy atom. The van der Waals surface area contributed by atoms with E-state index < -0.39 is 22.7 Å². The number of piperidine rings is 1. The first-order valence-electron chi connectivity index (χ1n) is 11.0. The summed E-state index contributed by atoms with van der Waals surface area (Å²) in [6, 6.07) is 10.6. The van der Waals surface area contributed by atoms with Crippen LogP contribution in [0.3, 0.4) is 0 Å². The van der Waals surface area contributed by atoms with Crippen molar-refractivity contribution in [3.05, 3.63) is 58.7 Å². The Morgan fingerprint density at radius 1 is 1.29 bits per heavy atom. The van der Waals surface area contributed by atoms with Crippen LogP contribution < -0.4 is 9.64 Å². The topological polar surface area (TPSA) is 76.8 Å². The third-order valence-electron chi connectivity index (χ3n) is 7.26. The van der Waals surface area contributed by atoms with E-state index >= 15 is 0 Å². The highest BCUT2D eigenvalue weighted by molar-refractivity contribution is 5.96. The number of nitriles is 1. The van der Waals surface area contributed by atoms with Gasteiger partial charge < -0.3 is 19.6 Å². The van der Waals surface area contributed by atoms with Crippen molar-refractivity contribution in [1.29, 1.82) is 5.26 Å². The summed E-state index contributed by atoms with van der Waals surface area (Å²) in [7, 11) is 1.55. The number of amides is 1. The van der Waals surface area contributed by atoms with Crippen molar-refractivity contribution in [2.75, 3.05) is 44.8 Å². The number of aliphatic hydroxyl groups is 1. The molecule has 4 rings (SSSR count). The number of methoxy groups -OCH3 is 1. The number of rotatable bonds is 4. The molecule has 180 valence electrons. The predicted molar refractivity (Wildman–Crippen MR) is 120 cm³/mol. The second kappa shape index (κ2) is 8.84. The average molecular weight is 473 g/mol. The van der Waals surface area contributed by atoms with Gasteiger partial charge in [0.15, 0.2) is 0 Å². The number of benzene rings is 2. The average Bonchev–Trinajstić information content (AvgIpc) is 3.22. The SMILES string of the molecule is COc1cccc(C(=O)N2C[C@H]3CN(c4ccc(C#N)c(C(F)(F)F)c4)CC[C@@]3(CO)C2)c1C. The summed E-state index contributed by atoms with van der Waals surface area (Å²) in [4.78, 5) is 16.9. The van der Waals surface area contributed by atoms with Gasteiger partial charge in [-0.25, -0.2) is 0 Å². The van der Waals surface area contributed by atoms with Crippen molar-refractivity contribution in [2.45, 2.75) is 19.5 Å². The minimum atomic E-state index is -4.63. The van der Waals surface area contributed by atoms with Gasteiger partial charge in [-0.3, -0.25) is 4.79 Å². The summed E-state index contributed by atoms with van der Waals surface area (Å²) >= 11 is 0. The van der Waals surface area contributed by atoms with Crippen molar-refractivity contribution in [3.63, 3.8) is 0 Å². The zero-order valence-corrected chi connectivity index (χ0v) is 19.0. The minimum Gasteiger partial charge on any atom is -0.496 e. The number of carbonyl (C=O) groups is 1. The molecule has 0 bridgehead atoms. The molecule has 0 aromatic heterocycles. The van der Waals surface area contributed by atoms with Crippen LogP contribution in [0.2, 0.25) is 0 Å². The van der Waals surface area contributed by atoms with Crippen LogP contribution in [-0.2, 0) is 6.18 Å². The van der Waals surface area contributed by atoms with Crippen LogP contribution in [-0.4, -0.2) is 55.8 Å². The van der Waals surface area contributed by atoms with Crippen molar-refractivity contribution >= 4 is 11.6 Å². The number of fused-ring (bicyclic) bond motifs is 1. The number of anilines is 1. The van der Waals surface area contributed by atoms with Gasteiger partial charge in [0.25, 0.3) is 5.91 Å². The van der Waals surface area contributed by atoms with Crippen molar-refractivity contribution in [3.8, 4) is 11.8 Å². The fourth-order valence-corrected chi connectivity index (χ4v) is 5.23. The first kappa shape index (κ1) is 23.9. The third kappa shape index (κ3) is 4.07. The third-order valence-corrected chi connectivity index (χ3v) is 7.26. The molecule has 2 heterocycles. The molecule has 6 nitrogen and oxygen atoms in total. The largest absolute Gasteiger partial charge is 0.496 e. The first-order valence-corrected chi connectivity index (χ1v) is 11.0. The van der Waals surface area contributed by atoms with Gasteiger partial charge in [-0.1, -0.05) is 6.07 Å². The van der Waals surface area contributed by atoms with Crippen molar-refractivity contribution in [1.82, 2.24) is 4.90 Å². The molecule has 0 radical (unpaired) electrons. The van der Waals surface area contributed by atoms with Gasteiger partial charge in [0, 0.05) is 54.3 Å². The van der Waals surface area contributed by atoms with E-state index in [9.17, 15) is 23.1 Å². The van der Waals surface area contributed by atoms with Gasteiger partial charge in [0.05, 0.1) is 30.9 Å². The molecule has 2 aromatic rings. The van der Waals surface area contributed by atoms with E-state index in [1.807, 2.05) is 11.8 Å². The first-order chi connectivity index (χ1) is 16.1. The Hall–Kier alpha value is -3.25. The molecule has 2 saturated heterocycles. The molecular formula is C25H26F3N3O3. The number of likely N-dealkylation sites (tertiary alicyclic amines) is 1. The van der Waals surface area contributed by atoms with Crippen LogP contribution in [0.25, 0.3) is 0 Å². The van der Waals surface area contributed by atoms with Crippen LogP contribution in [0.15, 0.2) is 36.4 Å². The summed E-state index contributed by atoms with van der Waals surface area (Å²) in [5.74, 6) is 0.362. The fraction of sp³-hybridized carbons (Fsp3) is 0.440. The molecule has 2 aliphatic rings. The van der Waals surface area contributed by atoms with Crippen molar-refractivity contribution in [2.24, 2.45) is 11.3 Å². The summed E-state index contributed by atoms with van der Waals surface area (Å²) in [5, 5.41) is 19.3. The number of halogens is 3. The lowest BCUT2D eigenvalue weighted by atomic mass is 9.73. The van der Waals surface area contributed by atoms with E-state index in [0.717, 1.165) is 11.6 Å². The maximum absolute atomic E-state index is 13.4. The Kier molecular flexibility index (Phi) is 6.21. The van der Waals surface area contributed by atoms with E-state index in [-0.39, 0.29) is 18.4 Å². The zero-order valence-electron chi connectivity index (χ0n) is 19.0. The van der Waals surface area contributed by atoms with E-state index in [4.69, 9.17) is 10.00 Å². The van der Waals surface area contributed by atoms with Crippen LogP contribution in [0, 0.1) is 29.6 Å². The highest BCUT2D eigenvalue weighted by Gasteiger charge is 2.50. The maximum atomic E-state index is 13.4. The van der Waals surface area contributed by atoms with E-state index in [1.54, 1.807) is 36.3 Å². The molecule has 0 spiro atoms. The van der Waals surface area contributed by atoms with Crippen LogP contribution in [0.4, 0.5) is 18.9 Å². The summed E-state index contributed by atoms with van der Waals surface area (Å²) in [6.45, 7) is 3.36. The standard InChI is InChI=1S/C25H26F3N3O3/c1-16-20(4-3-5-22(16)34-2)23(33)31-13-18-12-30(9-8-24(18,14-31)15-32)19-7-6-17(11-29)21(10-19)25(26,27)28/h3-7,10,18,32H,8-9,12-15H2,1-2H3/t18-,24+/m1/s1. The number of carbonyl (C=O) groups excluding carboxylic acids is 1. The quantitative estimate of drug-likeness (QED) is 0.730. The lowest BCUT2D eigenvalue weighted by molar-refractivity contribution is -0.137. The van der Waals surface area contributed by atoms with Gasteiger partial charge >= 0.3 is 6.18 Å². The molecule has 34 heavy (non-hydrogen) atoms. The number of aliphatic hydroxyl groups excluding tert-OH is 1. The molecule has 0 saturated carbocycles. The van der Waals surface area contributed by atoms with Gasteiger partial charge in [-0.15, -0.1) is 0 Å². The number of hydrogen-bond acceptors (Lipinski definition) is 5. The summed E-state index contributed by atoms with van der Waals surface area (Å²) in [5.41, 5.74) is -0.219. The van der Waals surface area contributed by atoms with E-state index in [0.29, 0.717) is 49.6 Å². The lowest BCUT2D eigenvalue weighted by Gasteiger charge is -2.43. The molecule has 0 unspecified atom stereocenters. The highest BCUT2D eigenvalue weighted by atomic mass is 19.4. The van der Waals surface area contributed by atoms with E-state index in [1.165, 1.54) is 12.1 Å². The molecule has 2 aromatic carbocycles. The fourth-order valence-electron chi connectivity index (χ4n) is 5.23.